The number of aryl methyl sites for hydroxylation is 1. The van der Waals surface area contributed by atoms with Gasteiger partial charge in [-0.05, 0) is 67.5 Å². The van der Waals surface area contributed by atoms with Gasteiger partial charge in [-0.25, -0.2) is 9.97 Å². The largest absolute Gasteiger partial charge is 0.408 e. The predicted octanol–water partition coefficient (Wildman–Crippen LogP) is 9.09. The predicted molar refractivity (Wildman–Crippen MR) is 234 cm³/mol. The number of thioether (sulfide) groups is 1. The van der Waals surface area contributed by atoms with Crippen molar-refractivity contribution in [1.29, 1.82) is 0 Å². The lowest BCUT2D eigenvalue weighted by molar-refractivity contribution is -0.0244. The number of carbonyl (C=O) groups is 1. The zero-order valence-corrected chi connectivity index (χ0v) is 37.8. The molecule has 0 saturated carbocycles. The van der Waals surface area contributed by atoms with E-state index in [9.17, 15) is 4.79 Å². The van der Waals surface area contributed by atoms with E-state index in [2.05, 4.69) is 89.7 Å². The Balaban J connectivity index is 1.43. The van der Waals surface area contributed by atoms with Crippen molar-refractivity contribution in [3.05, 3.63) is 95.1 Å². The molecule has 302 valence electrons. The number of amides is 1. The highest BCUT2D eigenvalue weighted by atomic mass is 32.2. The monoisotopic (exact) mass is 824 g/mol. The fourth-order valence-electron chi connectivity index (χ4n) is 6.27. The van der Waals surface area contributed by atoms with Gasteiger partial charge >= 0.3 is 0 Å². The lowest BCUT2D eigenvalue weighted by Gasteiger charge is -2.44. The van der Waals surface area contributed by atoms with Crippen LogP contribution in [0.3, 0.4) is 0 Å². The first-order valence-corrected chi connectivity index (χ1v) is 26.3. The first kappa shape index (κ1) is 42.4. The highest BCUT2D eigenvalue weighted by Crippen LogP contribution is 2.47. The fourth-order valence-corrected chi connectivity index (χ4v) is 10.0. The summed E-state index contributed by atoms with van der Waals surface area (Å²) in [5.41, 5.74) is 17.3. The van der Waals surface area contributed by atoms with Crippen molar-refractivity contribution in [2.75, 3.05) is 11.5 Å². The molecule has 6 rings (SSSR count). The van der Waals surface area contributed by atoms with Gasteiger partial charge in [-0.2, -0.15) is 11.8 Å². The minimum atomic E-state index is -2.41. The van der Waals surface area contributed by atoms with Crippen molar-refractivity contribution in [2.24, 2.45) is 5.73 Å². The number of hydrogen-bond donors (Lipinski definition) is 2. The van der Waals surface area contributed by atoms with Crippen molar-refractivity contribution in [2.45, 2.75) is 115 Å². The number of nitrogens with two attached hydrogens (primary N) is 2. The smallest absolute Gasteiger partial charge is 0.248 e. The molecule has 0 spiro atoms. The van der Waals surface area contributed by atoms with Crippen LogP contribution in [0.1, 0.15) is 80.5 Å². The maximum Gasteiger partial charge on any atom is 0.248 e. The second-order valence-corrected chi connectivity index (χ2v) is 28.3. The van der Waals surface area contributed by atoms with Crippen molar-refractivity contribution in [3.63, 3.8) is 0 Å². The normalized spacial score (nSPS) is 19.1. The van der Waals surface area contributed by atoms with Gasteiger partial charge in [0.25, 0.3) is 0 Å². The Bertz CT molecular complexity index is 2280. The van der Waals surface area contributed by atoms with Gasteiger partial charge in [0.1, 0.15) is 30.0 Å². The molecule has 4 N–H and O–H groups in total. The Labute approximate surface area is 342 Å². The van der Waals surface area contributed by atoms with Crippen molar-refractivity contribution >= 4 is 51.2 Å². The third kappa shape index (κ3) is 8.94. The summed E-state index contributed by atoms with van der Waals surface area (Å²) in [7, 11) is -4.78. The number of carbonyl (C=O) groups excluding carboxylic acids is 1. The van der Waals surface area contributed by atoms with Gasteiger partial charge in [0.15, 0.2) is 28.6 Å². The number of benzene rings is 2. The molecule has 5 aromatic rings. The van der Waals surface area contributed by atoms with E-state index < -0.39 is 34.9 Å². The number of nitrogen functional groups attached to an aromatic ring is 1. The van der Waals surface area contributed by atoms with Gasteiger partial charge in [0, 0.05) is 40.0 Å². The standard InChI is InChI=1S/C43H56N6O5SSi2/c1-27-32(35(52-48-27)29-15-13-12-14-16-29)24-55-25-33-36(53-56(8,9)42(2,3)4)37(54-57(10,11)43(5,6)7)41(51-33)49-23-31(34-38(44)46-26-47-40(34)49)22-19-28-17-20-30(21-18-28)39(45)50/h12-18,20-21,23,26,33,36-37,41H,24-25H2,1-11H3,(H2,45,50)(H2,44,46,47)/t33-,36-,37-,41-/m1/s1. The number of anilines is 1. The average Bonchev–Trinajstić information content (AvgIpc) is 3.80. The highest BCUT2D eigenvalue weighted by molar-refractivity contribution is 7.98. The molecule has 1 aliphatic rings. The number of ether oxygens (including phenoxy) is 1. The van der Waals surface area contributed by atoms with Gasteiger partial charge in [0.2, 0.25) is 5.91 Å². The van der Waals surface area contributed by atoms with E-state index >= 15 is 0 Å². The fraction of sp³-hybridized carbons (Fsp3) is 0.442. The third-order valence-electron chi connectivity index (χ3n) is 11.7. The molecular formula is C43H56N6O5SSi2. The molecule has 0 aliphatic carbocycles. The second kappa shape index (κ2) is 16.2. The molecule has 3 aromatic heterocycles. The van der Waals surface area contributed by atoms with Gasteiger partial charge in [-0.3, -0.25) is 4.79 Å². The highest BCUT2D eigenvalue weighted by Gasteiger charge is 2.54. The molecule has 1 amide bonds. The lowest BCUT2D eigenvalue weighted by atomic mass is 10.1. The summed E-state index contributed by atoms with van der Waals surface area (Å²) in [5, 5.41) is 4.82. The molecular weight excluding hydrogens is 769 g/mol. The van der Waals surface area contributed by atoms with Crippen LogP contribution in [-0.2, 0) is 19.3 Å². The summed E-state index contributed by atoms with van der Waals surface area (Å²) in [6, 6.07) is 17.0. The Morgan fingerprint density at radius 3 is 2.16 bits per heavy atom. The Hall–Kier alpha value is -4.24. The lowest BCUT2D eigenvalue weighted by Crippen LogP contribution is -2.53. The molecule has 2 aromatic carbocycles. The molecule has 0 unspecified atom stereocenters. The van der Waals surface area contributed by atoms with Crippen LogP contribution in [0.2, 0.25) is 36.3 Å². The maximum atomic E-state index is 11.7. The third-order valence-corrected chi connectivity index (χ3v) is 21.7. The molecule has 4 heterocycles. The Morgan fingerprint density at radius 2 is 1.54 bits per heavy atom. The van der Waals surface area contributed by atoms with E-state index in [1.807, 2.05) is 48.0 Å². The summed E-state index contributed by atoms with van der Waals surface area (Å²) < 4.78 is 29.9. The van der Waals surface area contributed by atoms with Crippen molar-refractivity contribution < 1.29 is 22.9 Å². The summed E-state index contributed by atoms with van der Waals surface area (Å²) in [5.74, 6) is 8.44. The van der Waals surface area contributed by atoms with E-state index in [1.165, 1.54) is 6.33 Å². The van der Waals surface area contributed by atoms with Crippen LogP contribution < -0.4 is 11.5 Å². The number of nitrogens with zero attached hydrogens (tertiary/aromatic N) is 4. The molecule has 11 nitrogen and oxygen atoms in total. The minimum absolute atomic E-state index is 0.0608. The van der Waals surface area contributed by atoms with Gasteiger partial charge in [0.05, 0.1) is 22.7 Å². The number of primary amides is 1. The topological polar surface area (TPSA) is 154 Å². The van der Waals surface area contributed by atoms with E-state index in [0.29, 0.717) is 45.0 Å². The molecule has 57 heavy (non-hydrogen) atoms. The first-order valence-electron chi connectivity index (χ1n) is 19.3. The van der Waals surface area contributed by atoms with Gasteiger partial charge in [-0.1, -0.05) is 88.9 Å². The molecule has 1 fully saturated rings. The second-order valence-electron chi connectivity index (χ2n) is 17.8. The van der Waals surface area contributed by atoms with E-state index in [1.54, 1.807) is 36.0 Å². The van der Waals surface area contributed by atoms with Crippen molar-refractivity contribution in [1.82, 2.24) is 19.7 Å². The van der Waals surface area contributed by atoms with Crippen LogP contribution in [0, 0.1) is 18.8 Å². The molecule has 14 heteroatoms. The average molecular weight is 825 g/mol. The summed E-state index contributed by atoms with van der Waals surface area (Å²) in [6.07, 6.45) is 1.60. The quantitative estimate of drug-likeness (QED) is 0.0974. The van der Waals surface area contributed by atoms with Crippen LogP contribution in [-0.4, -0.2) is 66.3 Å². The number of fused-ring (bicyclic) bond motifs is 1. The van der Waals surface area contributed by atoms with Gasteiger partial charge < -0.3 is 34.1 Å². The molecule has 4 atom stereocenters. The van der Waals surface area contributed by atoms with Crippen LogP contribution in [0.4, 0.5) is 5.82 Å². The number of hydrogen-bond acceptors (Lipinski definition) is 10. The van der Waals surface area contributed by atoms with Crippen LogP contribution >= 0.6 is 11.8 Å². The zero-order chi connectivity index (χ0) is 41.5. The van der Waals surface area contributed by atoms with E-state index in [4.69, 9.17) is 34.6 Å². The maximum absolute atomic E-state index is 11.7. The summed E-state index contributed by atoms with van der Waals surface area (Å²) >= 11 is 1.77. The molecule has 1 saturated heterocycles. The molecule has 1 aliphatic heterocycles. The SMILES string of the molecule is Cc1noc(-c2ccccc2)c1CSC[C@H]1O[C@@H](n2cc(C#Cc3ccc(C(N)=O)cc3)c3c(N)ncnc32)[C@H](O[Si](C)(C)C(C)(C)C)[C@@H]1O[Si](C)(C)C(C)(C)C. The van der Waals surface area contributed by atoms with E-state index in [0.717, 1.165) is 22.6 Å². The van der Waals surface area contributed by atoms with Gasteiger partial charge in [-0.15, -0.1) is 0 Å². The van der Waals surface area contributed by atoms with Crippen molar-refractivity contribution in [3.8, 4) is 23.2 Å². The summed E-state index contributed by atoms with van der Waals surface area (Å²) in [6.45, 7) is 24.6. The van der Waals surface area contributed by atoms with E-state index in [-0.39, 0.29) is 22.3 Å². The first-order chi connectivity index (χ1) is 26.7. The van der Waals surface area contributed by atoms with Crippen LogP contribution in [0.25, 0.3) is 22.4 Å². The van der Waals surface area contributed by atoms with Crippen LogP contribution in [0.5, 0.6) is 0 Å². The molecule has 0 radical (unpaired) electrons. The number of rotatable bonds is 11. The summed E-state index contributed by atoms with van der Waals surface area (Å²) in [4.78, 5) is 20.8. The minimum Gasteiger partial charge on any atom is -0.408 e. The Kier molecular flexibility index (Phi) is 12.0. The Morgan fingerprint density at radius 1 is 0.912 bits per heavy atom. The molecule has 0 bridgehead atoms. The zero-order valence-electron chi connectivity index (χ0n) is 35.0. The number of aromatic nitrogens is 4. The van der Waals surface area contributed by atoms with Crippen LogP contribution in [0.15, 0.2) is 71.6 Å².